The van der Waals surface area contributed by atoms with Crippen molar-refractivity contribution < 1.29 is 14.3 Å². The minimum absolute atomic E-state index is 0.293. The molecule has 0 atom stereocenters. The van der Waals surface area contributed by atoms with Crippen LogP contribution in [0.15, 0.2) is 36.5 Å². The first-order valence-corrected chi connectivity index (χ1v) is 5.41. The molecule has 4 nitrogen and oxygen atoms in total. The van der Waals surface area contributed by atoms with Gasteiger partial charge in [-0.1, -0.05) is 23.7 Å². The number of hydrogen-bond donors (Lipinski definition) is 1. The Balaban J connectivity index is 2.56. The minimum atomic E-state index is -0.507. The van der Waals surface area contributed by atoms with Crippen LogP contribution in [-0.2, 0) is 9.53 Å². The first-order chi connectivity index (χ1) is 8.15. The van der Waals surface area contributed by atoms with Gasteiger partial charge in [0.15, 0.2) is 0 Å². The number of nitrogens with one attached hydrogen (secondary N) is 1. The lowest BCUT2D eigenvalue weighted by Gasteiger charge is -2.02. The summed E-state index contributed by atoms with van der Waals surface area (Å²) < 4.78 is 4.65. The van der Waals surface area contributed by atoms with Crippen LogP contribution in [0.25, 0.3) is 0 Å². The molecule has 0 radical (unpaired) electrons. The molecule has 1 N–H and O–H groups in total. The SMILES string of the molecule is CCOC(=O)/C=C\NC(=O)c1ccccc1Cl. The molecule has 0 aliphatic carbocycles. The van der Waals surface area contributed by atoms with Crippen molar-refractivity contribution in [2.75, 3.05) is 6.61 Å². The Morgan fingerprint density at radius 2 is 2.12 bits per heavy atom. The van der Waals surface area contributed by atoms with Gasteiger partial charge in [0.2, 0.25) is 0 Å². The second-order valence-corrected chi connectivity index (χ2v) is 3.45. The summed E-state index contributed by atoms with van der Waals surface area (Å²) in [7, 11) is 0. The van der Waals surface area contributed by atoms with Crippen molar-refractivity contribution in [2.24, 2.45) is 0 Å². The number of rotatable bonds is 4. The number of amides is 1. The Bertz CT molecular complexity index is 443. The van der Waals surface area contributed by atoms with Crippen molar-refractivity contribution >= 4 is 23.5 Å². The smallest absolute Gasteiger partial charge is 0.332 e. The highest BCUT2D eigenvalue weighted by Gasteiger charge is 2.07. The molecule has 0 unspecified atom stereocenters. The standard InChI is InChI=1S/C12H12ClNO3/c1-2-17-11(15)7-8-14-12(16)9-5-3-4-6-10(9)13/h3-8H,2H2,1H3,(H,14,16)/b8-7-. The molecule has 1 aromatic rings. The van der Waals surface area contributed by atoms with Gasteiger partial charge in [-0.25, -0.2) is 4.79 Å². The van der Waals surface area contributed by atoms with Crippen molar-refractivity contribution in [1.82, 2.24) is 5.32 Å². The van der Waals surface area contributed by atoms with Gasteiger partial charge in [-0.05, 0) is 19.1 Å². The summed E-state index contributed by atoms with van der Waals surface area (Å²) in [6.45, 7) is 2.00. The Morgan fingerprint density at radius 3 is 2.76 bits per heavy atom. The Kier molecular flexibility index (Phi) is 5.23. The third-order valence-corrected chi connectivity index (χ3v) is 2.17. The fourth-order valence-corrected chi connectivity index (χ4v) is 1.32. The lowest BCUT2D eigenvalue weighted by atomic mass is 10.2. The van der Waals surface area contributed by atoms with E-state index in [0.29, 0.717) is 17.2 Å². The highest BCUT2D eigenvalue weighted by atomic mass is 35.5. The van der Waals surface area contributed by atoms with Gasteiger partial charge in [-0.3, -0.25) is 4.79 Å². The lowest BCUT2D eigenvalue weighted by Crippen LogP contribution is -2.18. The van der Waals surface area contributed by atoms with E-state index >= 15 is 0 Å². The first kappa shape index (κ1) is 13.3. The zero-order valence-electron chi connectivity index (χ0n) is 9.27. The van der Waals surface area contributed by atoms with E-state index in [0.717, 1.165) is 6.08 Å². The van der Waals surface area contributed by atoms with Crippen LogP contribution in [0, 0.1) is 0 Å². The average molecular weight is 254 g/mol. The van der Waals surface area contributed by atoms with Gasteiger partial charge in [-0.15, -0.1) is 0 Å². The molecule has 0 aliphatic rings. The Hall–Kier alpha value is -1.81. The van der Waals surface area contributed by atoms with Crippen LogP contribution in [0.4, 0.5) is 0 Å². The van der Waals surface area contributed by atoms with Crippen LogP contribution in [0.1, 0.15) is 17.3 Å². The monoisotopic (exact) mass is 253 g/mol. The molecule has 5 heteroatoms. The summed E-state index contributed by atoms with van der Waals surface area (Å²) in [6.07, 6.45) is 2.36. The van der Waals surface area contributed by atoms with Gasteiger partial charge in [0.1, 0.15) is 0 Å². The molecule has 0 saturated heterocycles. The molecule has 0 heterocycles. The minimum Gasteiger partial charge on any atom is -0.463 e. The summed E-state index contributed by atoms with van der Waals surface area (Å²) in [6, 6.07) is 6.64. The molecule has 90 valence electrons. The molecule has 17 heavy (non-hydrogen) atoms. The zero-order chi connectivity index (χ0) is 12.7. The third-order valence-electron chi connectivity index (χ3n) is 1.84. The first-order valence-electron chi connectivity index (χ1n) is 5.04. The number of carbonyl (C=O) groups is 2. The fraction of sp³-hybridized carbons (Fsp3) is 0.167. The lowest BCUT2D eigenvalue weighted by molar-refractivity contribution is -0.137. The molecule has 0 saturated carbocycles. The molecule has 1 aromatic carbocycles. The van der Waals surface area contributed by atoms with E-state index in [1.54, 1.807) is 31.2 Å². The van der Waals surface area contributed by atoms with Gasteiger partial charge in [0, 0.05) is 12.3 Å². The normalized spacial score (nSPS) is 10.2. The topological polar surface area (TPSA) is 55.4 Å². The molecule has 1 rings (SSSR count). The predicted octanol–water partition coefficient (Wildman–Crippen LogP) is 2.15. The quantitative estimate of drug-likeness (QED) is 0.661. The van der Waals surface area contributed by atoms with E-state index in [1.807, 2.05) is 0 Å². The molecule has 0 aliphatic heterocycles. The summed E-state index contributed by atoms with van der Waals surface area (Å²) in [5.74, 6) is -0.886. The molecule has 1 amide bonds. The predicted molar refractivity (Wildman–Crippen MR) is 64.7 cm³/mol. The van der Waals surface area contributed by atoms with Crippen molar-refractivity contribution in [3.8, 4) is 0 Å². The number of benzene rings is 1. The average Bonchev–Trinajstić information content (AvgIpc) is 2.29. The van der Waals surface area contributed by atoms with E-state index < -0.39 is 5.97 Å². The van der Waals surface area contributed by atoms with Crippen molar-refractivity contribution in [2.45, 2.75) is 6.92 Å². The molecule has 0 bridgehead atoms. The van der Waals surface area contributed by atoms with Crippen LogP contribution >= 0.6 is 11.6 Å². The third kappa shape index (κ3) is 4.28. The molecule has 0 fully saturated rings. The Morgan fingerprint density at radius 1 is 1.41 bits per heavy atom. The molecular formula is C12H12ClNO3. The van der Waals surface area contributed by atoms with Crippen molar-refractivity contribution in [3.63, 3.8) is 0 Å². The van der Waals surface area contributed by atoms with Crippen LogP contribution in [-0.4, -0.2) is 18.5 Å². The van der Waals surface area contributed by atoms with E-state index in [9.17, 15) is 9.59 Å². The van der Waals surface area contributed by atoms with Gasteiger partial charge >= 0.3 is 5.97 Å². The maximum atomic E-state index is 11.6. The summed E-state index contributed by atoms with van der Waals surface area (Å²) in [5, 5.41) is 2.78. The Labute approximate surface area is 104 Å². The van der Waals surface area contributed by atoms with Gasteiger partial charge in [0.25, 0.3) is 5.91 Å². The van der Waals surface area contributed by atoms with E-state index in [4.69, 9.17) is 11.6 Å². The number of ether oxygens (including phenoxy) is 1. The largest absolute Gasteiger partial charge is 0.463 e. The van der Waals surface area contributed by atoms with E-state index in [-0.39, 0.29) is 5.91 Å². The van der Waals surface area contributed by atoms with Crippen LogP contribution in [0.5, 0.6) is 0 Å². The summed E-state index contributed by atoms with van der Waals surface area (Å²) in [5.41, 5.74) is 0.350. The van der Waals surface area contributed by atoms with Crippen LogP contribution in [0.2, 0.25) is 5.02 Å². The molecule has 0 aromatic heterocycles. The van der Waals surface area contributed by atoms with Gasteiger partial charge in [0.05, 0.1) is 17.2 Å². The van der Waals surface area contributed by atoms with Crippen LogP contribution < -0.4 is 5.32 Å². The maximum Gasteiger partial charge on any atom is 0.332 e. The van der Waals surface area contributed by atoms with Crippen LogP contribution in [0.3, 0.4) is 0 Å². The second-order valence-electron chi connectivity index (χ2n) is 3.04. The molecule has 0 spiro atoms. The summed E-state index contributed by atoms with van der Waals surface area (Å²) in [4.78, 5) is 22.5. The van der Waals surface area contributed by atoms with Crippen molar-refractivity contribution in [1.29, 1.82) is 0 Å². The number of carbonyl (C=O) groups excluding carboxylic acids is 2. The van der Waals surface area contributed by atoms with Gasteiger partial charge in [-0.2, -0.15) is 0 Å². The highest BCUT2D eigenvalue weighted by Crippen LogP contribution is 2.14. The molecular weight excluding hydrogens is 242 g/mol. The highest BCUT2D eigenvalue weighted by molar-refractivity contribution is 6.33. The number of hydrogen-bond acceptors (Lipinski definition) is 3. The number of esters is 1. The van der Waals surface area contributed by atoms with E-state index in [1.165, 1.54) is 6.20 Å². The maximum absolute atomic E-state index is 11.6. The van der Waals surface area contributed by atoms with Crippen molar-refractivity contribution in [3.05, 3.63) is 47.1 Å². The summed E-state index contributed by atoms with van der Waals surface area (Å²) >= 11 is 5.83. The zero-order valence-corrected chi connectivity index (χ0v) is 10.0. The van der Waals surface area contributed by atoms with Gasteiger partial charge < -0.3 is 10.1 Å². The fourth-order valence-electron chi connectivity index (χ4n) is 1.10. The number of halogens is 1. The second kappa shape index (κ2) is 6.70. The van der Waals surface area contributed by atoms with E-state index in [2.05, 4.69) is 10.1 Å².